The second-order valence-corrected chi connectivity index (χ2v) is 9.37. The van der Waals surface area contributed by atoms with Crippen LogP contribution in [0.4, 0.5) is 5.82 Å². The fourth-order valence-corrected chi connectivity index (χ4v) is 3.56. The molecule has 3 rings (SSSR count). The molecule has 3 aromatic rings. The van der Waals surface area contributed by atoms with Gasteiger partial charge in [-0.1, -0.05) is 31.9 Å². The minimum atomic E-state index is -0.365. The van der Waals surface area contributed by atoms with Gasteiger partial charge in [-0.2, -0.15) is 0 Å². The van der Waals surface area contributed by atoms with Crippen LogP contribution < -0.4 is 22.1 Å². The molecule has 0 saturated heterocycles. The lowest BCUT2D eigenvalue weighted by molar-refractivity contribution is -0.121. The van der Waals surface area contributed by atoms with Gasteiger partial charge < -0.3 is 21.4 Å². The molecule has 0 bridgehead atoms. The average Bonchev–Trinajstić information content (AvgIpc) is 3.07. The molecule has 0 aliphatic heterocycles. The molecule has 0 aliphatic rings. The number of aromatic amines is 1. The maximum atomic E-state index is 12.6. The number of imidazole rings is 1. The van der Waals surface area contributed by atoms with Crippen LogP contribution in [0.25, 0.3) is 11.2 Å². The van der Waals surface area contributed by atoms with Crippen molar-refractivity contribution in [1.82, 2.24) is 30.2 Å². The average molecular weight is 468 g/mol. The number of carbonyl (C=O) groups is 2. The highest BCUT2D eigenvalue weighted by Gasteiger charge is 2.16. The first kappa shape index (κ1) is 24.9. The minimum absolute atomic E-state index is 0.107. The molecule has 2 heterocycles. The first-order chi connectivity index (χ1) is 16.1. The molecule has 34 heavy (non-hydrogen) atoms. The van der Waals surface area contributed by atoms with Crippen LogP contribution in [0.2, 0.25) is 0 Å². The summed E-state index contributed by atoms with van der Waals surface area (Å²) in [6, 6.07) is 6.85. The number of nitrogens with zero attached hydrogens (tertiary/aromatic N) is 3. The van der Waals surface area contributed by atoms with Crippen molar-refractivity contribution in [1.29, 1.82) is 0 Å². The van der Waals surface area contributed by atoms with Crippen LogP contribution >= 0.6 is 0 Å². The Kier molecular flexibility index (Phi) is 7.70. The van der Waals surface area contributed by atoms with E-state index in [0.29, 0.717) is 29.0 Å². The molecular formula is C24H33N7O3. The number of benzene rings is 1. The van der Waals surface area contributed by atoms with Crippen molar-refractivity contribution in [2.45, 2.75) is 65.5 Å². The van der Waals surface area contributed by atoms with Crippen LogP contribution in [0.1, 0.15) is 68.7 Å². The number of aryl methyl sites for hydroxylation is 1. The largest absolute Gasteiger partial charge is 0.382 e. The second-order valence-electron chi connectivity index (χ2n) is 9.37. The van der Waals surface area contributed by atoms with Crippen LogP contribution in [0.15, 0.2) is 29.1 Å². The third kappa shape index (κ3) is 6.43. The van der Waals surface area contributed by atoms with E-state index in [1.54, 1.807) is 24.3 Å². The van der Waals surface area contributed by atoms with Gasteiger partial charge in [0.1, 0.15) is 11.3 Å². The fourth-order valence-electron chi connectivity index (χ4n) is 3.56. The molecule has 5 N–H and O–H groups in total. The lowest BCUT2D eigenvalue weighted by atomic mass is 10.1. The Hall–Kier alpha value is -3.69. The highest BCUT2D eigenvalue weighted by molar-refractivity contribution is 5.96. The molecule has 2 aromatic heterocycles. The van der Waals surface area contributed by atoms with Crippen LogP contribution in [0.3, 0.4) is 0 Å². The number of H-pyrrole nitrogens is 1. The van der Waals surface area contributed by atoms with Crippen molar-refractivity contribution in [2.24, 2.45) is 0 Å². The Labute approximate surface area is 198 Å². The number of hydrogen-bond donors (Lipinski definition) is 4. The van der Waals surface area contributed by atoms with Crippen molar-refractivity contribution in [3.63, 3.8) is 0 Å². The Balaban J connectivity index is 1.71. The molecule has 0 atom stereocenters. The van der Waals surface area contributed by atoms with E-state index >= 15 is 0 Å². The summed E-state index contributed by atoms with van der Waals surface area (Å²) in [5, 5.41) is 5.40. The molecule has 0 aliphatic carbocycles. The van der Waals surface area contributed by atoms with E-state index in [4.69, 9.17) is 5.73 Å². The third-order valence-corrected chi connectivity index (χ3v) is 5.18. The molecule has 10 heteroatoms. The zero-order chi connectivity index (χ0) is 24.9. The monoisotopic (exact) mass is 467 g/mol. The van der Waals surface area contributed by atoms with Crippen molar-refractivity contribution in [2.75, 3.05) is 12.3 Å². The quantitative estimate of drug-likeness (QED) is 0.354. The van der Waals surface area contributed by atoms with E-state index < -0.39 is 0 Å². The van der Waals surface area contributed by atoms with Gasteiger partial charge in [-0.15, -0.1) is 0 Å². The number of nitrogen functional groups attached to an aromatic ring is 1. The first-order valence-electron chi connectivity index (χ1n) is 11.5. The number of amides is 2. The summed E-state index contributed by atoms with van der Waals surface area (Å²) in [7, 11) is 0. The highest BCUT2D eigenvalue weighted by atomic mass is 16.2. The Morgan fingerprint density at radius 2 is 1.82 bits per heavy atom. The number of anilines is 1. The van der Waals surface area contributed by atoms with E-state index in [0.717, 1.165) is 24.8 Å². The maximum absolute atomic E-state index is 12.6. The van der Waals surface area contributed by atoms with Crippen molar-refractivity contribution in [3.05, 3.63) is 51.7 Å². The van der Waals surface area contributed by atoms with Gasteiger partial charge in [0.15, 0.2) is 11.5 Å². The first-order valence-corrected chi connectivity index (χ1v) is 11.5. The number of rotatable bonds is 9. The maximum Gasteiger partial charge on any atom is 0.328 e. The summed E-state index contributed by atoms with van der Waals surface area (Å²) < 4.78 is 1.52. The lowest BCUT2D eigenvalue weighted by Gasteiger charge is -2.20. The van der Waals surface area contributed by atoms with Gasteiger partial charge in [-0.25, -0.2) is 14.8 Å². The third-order valence-electron chi connectivity index (χ3n) is 5.18. The molecule has 0 spiro atoms. The zero-order valence-electron chi connectivity index (χ0n) is 20.2. The summed E-state index contributed by atoms with van der Waals surface area (Å²) >= 11 is 0. The number of hydrogen-bond acceptors (Lipinski definition) is 6. The Bertz CT molecular complexity index is 1220. The molecule has 0 fully saturated rings. The van der Waals surface area contributed by atoms with Crippen molar-refractivity contribution in [3.8, 4) is 0 Å². The normalized spacial score (nSPS) is 11.5. The molecule has 182 valence electrons. The highest BCUT2D eigenvalue weighted by Crippen LogP contribution is 2.17. The van der Waals surface area contributed by atoms with E-state index in [-0.39, 0.29) is 42.0 Å². The zero-order valence-corrected chi connectivity index (χ0v) is 20.2. The number of carbonyl (C=O) groups excluding carboxylic acids is 2. The standard InChI is InChI=1S/C24H33N7O3/c1-5-6-7-8-17-27-20(25)19-21(28-17)31(23(34)29-19)14-15-9-11-16(12-10-15)22(33)26-13-18(32)30-24(2,3)4/h9-12H,5-8,13-14H2,1-4H3,(H,26,33)(H,29,34)(H,30,32)(H2,25,27,28). The molecule has 0 radical (unpaired) electrons. The molecule has 10 nitrogen and oxygen atoms in total. The summed E-state index contributed by atoms with van der Waals surface area (Å²) in [4.78, 5) is 48.5. The van der Waals surface area contributed by atoms with E-state index in [9.17, 15) is 14.4 Å². The predicted octanol–water partition coefficient (Wildman–Crippen LogP) is 2.13. The number of aromatic nitrogens is 4. The smallest absolute Gasteiger partial charge is 0.328 e. The van der Waals surface area contributed by atoms with Crippen LogP contribution in [0.5, 0.6) is 0 Å². The van der Waals surface area contributed by atoms with Gasteiger partial charge in [-0.3, -0.25) is 14.2 Å². The number of unbranched alkanes of at least 4 members (excludes halogenated alkanes) is 2. The van der Waals surface area contributed by atoms with Gasteiger partial charge in [0.2, 0.25) is 5.91 Å². The molecule has 0 saturated carbocycles. The Morgan fingerprint density at radius 3 is 2.47 bits per heavy atom. The SMILES string of the molecule is CCCCCc1nc(N)c2[nH]c(=O)n(Cc3ccc(C(=O)NCC(=O)NC(C)(C)C)cc3)c2n1. The Morgan fingerprint density at radius 1 is 1.12 bits per heavy atom. The van der Waals surface area contributed by atoms with Crippen LogP contribution in [-0.2, 0) is 17.8 Å². The summed E-state index contributed by atoms with van der Waals surface area (Å²) in [6.07, 6.45) is 3.82. The van der Waals surface area contributed by atoms with Gasteiger partial charge in [0.05, 0.1) is 13.1 Å². The van der Waals surface area contributed by atoms with Gasteiger partial charge in [-0.05, 0) is 44.9 Å². The van der Waals surface area contributed by atoms with E-state index in [1.807, 2.05) is 20.8 Å². The summed E-state index contributed by atoms with van der Waals surface area (Å²) in [5.41, 5.74) is 7.50. The summed E-state index contributed by atoms with van der Waals surface area (Å²) in [6.45, 7) is 7.90. The molecule has 1 aromatic carbocycles. The van der Waals surface area contributed by atoms with E-state index in [2.05, 4.69) is 32.5 Å². The lowest BCUT2D eigenvalue weighted by Crippen LogP contribution is -2.45. The molecule has 0 unspecified atom stereocenters. The number of nitrogens with two attached hydrogens (primary N) is 1. The molecular weight excluding hydrogens is 434 g/mol. The van der Waals surface area contributed by atoms with Crippen LogP contribution in [-0.4, -0.2) is 43.4 Å². The number of nitrogens with one attached hydrogen (secondary N) is 3. The minimum Gasteiger partial charge on any atom is -0.382 e. The van der Waals surface area contributed by atoms with Gasteiger partial charge in [0, 0.05) is 17.5 Å². The fraction of sp³-hybridized carbons (Fsp3) is 0.458. The van der Waals surface area contributed by atoms with E-state index in [1.165, 1.54) is 4.57 Å². The van der Waals surface area contributed by atoms with Crippen molar-refractivity contribution < 1.29 is 9.59 Å². The van der Waals surface area contributed by atoms with Crippen molar-refractivity contribution >= 4 is 28.8 Å². The number of fused-ring (bicyclic) bond motifs is 1. The summed E-state index contributed by atoms with van der Waals surface area (Å²) in [5.74, 6) is 0.271. The molecule has 2 amide bonds. The second kappa shape index (κ2) is 10.5. The topological polar surface area (TPSA) is 148 Å². The van der Waals surface area contributed by atoms with Gasteiger partial charge >= 0.3 is 5.69 Å². The van der Waals surface area contributed by atoms with Crippen LogP contribution in [0, 0.1) is 0 Å². The predicted molar refractivity (Wildman–Crippen MR) is 132 cm³/mol. The van der Waals surface area contributed by atoms with Gasteiger partial charge in [0.25, 0.3) is 5.91 Å².